The maximum Gasteiger partial charge on any atom is 0.326 e. The number of imide groups is 1. The Labute approximate surface area is 165 Å². The van der Waals surface area contributed by atoms with Crippen LogP contribution in [0.5, 0.6) is 0 Å². The third-order valence-electron chi connectivity index (χ3n) is 3.76. The second-order valence-electron chi connectivity index (χ2n) is 5.76. The van der Waals surface area contributed by atoms with E-state index < -0.39 is 23.7 Å². The first-order valence-electron chi connectivity index (χ1n) is 8.16. The molecule has 6 nitrogen and oxygen atoms in total. The highest BCUT2D eigenvalue weighted by molar-refractivity contribution is 8.18. The van der Waals surface area contributed by atoms with Crippen molar-refractivity contribution in [3.05, 3.63) is 51.6 Å². The van der Waals surface area contributed by atoms with Crippen molar-refractivity contribution in [2.24, 2.45) is 0 Å². The molecule has 0 atom stereocenters. The molecule has 1 fully saturated rings. The van der Waals surface area contributed by atoms with E-state index in [9.17, 15) is 14.4 Å². The predicted molar refractivity (Wildman–Crippen MR) is 103 cm³/mol. The summed E-state index contributed by atoms with van der Waals surface area (Å²) in [7, 11) is 0. The minimum absolute atomic E-state index is 0.181. The molecule has 2 heterocycles. The molecule has 3 rings (SSSR count). The zero-order chi connectivity index (χ0) is 19.6. The summed E-state index contributed by atoms with van der Waals surface area (Å²) in [4.78, 5) is 37.0. The minimum atomic E-state index is -0.629. The Bertz CT molecular complexity index is 949. The fraction of sp³-hybridized carbons (Fsp3) is 0.211. The molecule has 27 heavy (non-hydrogen) atoms. The first kappa shape index (κ1) is 19.3. The summed E-state index contributed by atoms with van der Waals surface area (Å²) < 4.78 is 10.5. The molecule has 0 unspecified atom stereocenters. The van der Waals surface area contributed by atoms with Gasteiger partial charge in [0.05, 0.1) is 16.5 Å². The van der Waals surface area contributed by atoms with Gasteiger partial charge in [0, 0.05) is 11.6 Å². The minimum Gasteiger partial charge on any atom is -0.465 e. The molecule has 2 aromatic rings. The number of carbonyl (C=O) groups excluding carboxylic acids is 3. The maximum absolute atomic E-state index is 12.4. The molecule has 0 saturated carbocycles. The van der Waals surface area contributed by atoms with Crippen LogP contribution in [0.2, 0.25) is 5.02 Å². The number of aryl methyl sites for hydroxylation is 1. The van der Waals surface area contributed by atoms with Crippen molar-refractivity contribution < 1.29 is 23.5 Å². The van der Waals surface area contributed by atoms with Gasteiger partial charge < -0.3 is 9.15 Å². The summed E-state index contributed by atoms with van der Waals surface area (Å²) >= 11 is 7.00. The molecule has 8 heteroatoms. The number of rotatable bonds is 5. The van der Waals surface area contributed by atoms with Crippen LogP contribution in [0.3, 0.4) is 0 Å². The Balaban J connectivity index is 1.79. The van der Waals surface area contributed by atoms with Gasteiger partial charge in [-0.2, -0.15) is 0 Å². The number of halogens is 1. The van der Waals surface area contributed by atoms with Gasteiger partial charge in [-0.25, -0.2) is 0 Å². The van der Waals surface area contributed by atoms with Gasteiger partial charge >= 0.3 is 5.97 Å². The SMILES string of the molecule is CCOC(=O)CN1C(=O)S/C(=C\c2ccc(-c3ccc(C)cc3Cl)o2)C1=O. The van der Waals surface area contributed by atoms with E-state index in [1.54, 1.807) is 19.1 Å². The molecule has 1 saturated heterocycles. The lowest BCUT2D eigenvalue weighted by Gasteiger charge is -2.10. The Hall–Kier alpha value is -2.51. The van der Waals surface area contributed by atoms with Crippen LogP contribution in [-0.4, -0.2) is 35.2 Å². The summed E-state index contributed by atoms with van der Waals surface area (Å²) in [5, 5.41) is 0.0401. The summed E-state index contributed by atoms with van der Waals surface area (Å²) in [5.74, 6) is -0.222. The molecule has 1 aliphatic heterocycles. The molecule has 2 amide bonds. The van der Waals surface area contributed by atoms with Crippen LogP contribution in [0.25, 0.3) is 17.4 Å². The molecule has 1 aromatic carbocycles. The lowest BCUT2D eigenvalue weighted by atomic mass is 10.1. The van der Waals surface area contributed by atoms with Crippen LogP contribution >= 0.6 is 23.4 Å². The Kier molecular flexibility index (Phi) is 5.72. The first-order valence-corrected chi connectivity index (χ1v) is 9.36. The fourth-order valence-corrected chi connectivity index (χ4v) is 3.64. The van der Waals surface area contributed by atoms with Crippen LogP contribution in [-0.2, 0) is 14.3 Å². The highest BCUT2D eigenvalue weighted by Crippen LogP contribution is 2.34. The zero-order valence-electron chi connectivity index (χ0n) is 14.7. The number of hydrogen-bond donors (Lipinski definition) is 0. The fourth-order valence-electron chi connectivity index (χ4n) is 2.50. The van der Waals surface area contributed by atoms with Crippen molar-refractivity contribution >= 4 is 46.6 Å². The van der Waals surface area contributed by atoms with Crippen molar-refractivity contribution in [1.82, 2.24) is 4.90 Å². The highest BCUT2D eigenvalue weighted by atomic mass is 35.5. The predicted octanol–water partition coefficient (Wildman–Crippen LogP) is 4.51. The lowest BCUT2D eigenvalue weighted by Crippen LogP contribution is -2.34. The smallest absolute Gasteiger partial charge is 0.326 e. The average molecular weight is 406 g/mol. The first-order chi connectivity index (χ1) is 12.9. The van der Waals surface area contributed by atoms with E-state index in [-0.39, 0.29) is 11.5 Å². The molecule has 0 N–H and O–H groups in total. The van der Waals surface area contributed by atoms with Crippen LogP contribution in [0.15, 0.2) is 39.7 Å². The second kappa shape index (κ2) is 8.02. The number of benzene rings is 1. The van der Waals surface area contributed by atoms with Gasteiger partial charge in [-0.1, -0.05) is 17.7 Å². The van der Waals surface area contributed by atoms with E-state index in [2.05, 4.69) is 0 Å². The number of hydrogen-bond acceptors (Lipinski definition) is 6. The van der Waals surface area contributed by atoms with Gasteiger partial charge in [0.15, 0.2) is 0 Å². The third kappa shape index (κ3) is 4.26. The molecule has 0 aliphatic carbocycles. The largest absolute Gasteiger partial charge is 0.465 e. The average Bonchev–Trinajstić information content (AvgIpc) is 3.16. The molecule has 1 aromatic heterocycles. The second-order valence-corrected chi connectivity index (χ2v) is 7.16. The number of nitrogens with zero attached hydrogens (tertiary/aromatic N) is 1. The Morgan fingerprint density at radius 1 is 1.30 bits per heavy atom. The summed E-state index contributed by atoms with van der Waals surface area (Å²) in [5.41, 5.74) is 1.77. The van der Waals surface area contributed by atoms with E-state index in [4.69, 9.17) is 20.8 Å². The van der Waals surface area contributed by atoms with Crippen LogP contribution < -0.4 is 0 Å². The number of amides is 2. The normalized spacial score (nSPS) is 15.7. The maximum atomic E-state index is 12.4. The van der Waals surface area contributed by atoms with E-state index in [1.165, 1.54) is 6.08 Å². The lowest BCUT2D eigenvalue weighted by molar-refractivity contribution is -0.145. The summed E-state index contributed by atoms with van der Waals surface area (Å²) in [6, 6.07) is 9.04. The quantitative estimate of drug-likeness (QED) is 0.538. The van der Waals surface area contributed by atoms with Gasteiger partial charge in [0.25, 0.3) is 11.1 Å². The number of thioether (sulfide) groups is 1. The number of furan rings is 1. The van der Waals surface area contributed by atoms with Gasteiger partial charge in [0.1, 0.15) is 18.1 Å². The van der Waals surface area contributed by atoms with Crippen LogP contribution in [0, 0.1) is 6.92 Å². The van der Waals surface area contributed by atoms with Crippen molar-refractivity contribution in [3.63, 3.8) is 0 Å². The van der Waals surface area contributed by atoms with E-state index in [0.717, 1.165) is 27.8 Å². The van der Waals surface area contributed by atoms with E-state index >= 15 is 0 Å². The number of carbonyl (C=O) groups is 3. The van der Waals surface area contributed by atoms with Gasteiger partial charge in [-0.05, 0) is 55.4 Å². The van der Waals surface area contributed by atoms with E-state index in [0.29, 0.717) is 16.5 Å². The zero-order valence-corrected chi connectivity index (χ0v) is 16.2. The molecule has 0 radical (unpaired) electrons. The van der Waals surface area contributed by atoms with Crippen molar-refractivity contribution in [3.8, 4) is 11.3 Å². The van der Waals surface area contributed by atoms with Crippen molar-refractivity contribution in [2.75, 3.05) is 13.2 Å². The monoisotopic (exact) mass is 405 g/mol. The van der Waals surface area contributed by atoms with Gasteiger partial charge in [-0.15, -0.1) is 0 Å². The van der Waals surface area contributed by atoms with Crippen molar-refractivity contribution in [1.29, 1.82) is 0 Å². The van der Waals surface area contributed by atoms with Gasteiger partial charge in [0.2, 0.25) is 0 Å². The highest BCUT2D eigenvalue weighted by Gasteiger charge is 2.36. The Morgan fingerprint density at radius 3 is 2.78 bits per heavy atom. The summed E-state index contributed by atoms with van der Waals surface area (Å²) in [6.45, 7) is 3.37. The number of ether oxygens (including phenoxy) is 1. The molecular weight excluding hydrogens is 390 g/mol. The number of esters is 1. The van der Waals surface area contributed by atoms with Gasteiger partial charge in [-0.3, -0.25) is 19.3 Å². The van der Waals surface area contributed by atoms with E-state index in [1.807, 2.05) is 25.1 Å². The summed E-state index contributed by atoms with van der Waals surface area (Å²) in [6.07, 6.45) is 1.47. The third-order valence-corrected chi connectivity index (χ3v) is 4.98. The molecule has 0 bridgehead atoms. The standard InChI is InChI=1S/C19H16ClNO5S/c1-3-25-17(22)10-21-18(23)16(27-19(21)24)9-12-5-7-15(26-12)13-6-4-11(2)8-14(13)20/h4-9H,3,10H2,1-2H3/b16-9-. The molecule has 140 valence electrons. The van der Waals surface area contributed by atoms with Crippen LogP contribution in [0.1, 0.15) is 18.2 Å². The van der Waals surface area contributed by atoms with Crippen molar-refractivity contribution in [2.45, 2.75) is 13.8 Å². The van der Waals surface area contributed by atoms with Crippen LogP contribution in [0.4, 0.5) is 4.79 Å². The molecule has 0 spiro atoms. The molecule has 1 aliphatic rings. The Morgan fingerprint density at radius 2 is 2.07 bits per heavy atom. The topological polar surface area (TPSA) is 76.8 Å². The molecular formula is C19H16ClNO5S.